The first-order valence-corrected chi connectivity index (χ1v) is 6.54. The molecule has 0 amide bonds. The lowest BCUT2D eigenvalue weighted by Gasteiger charge is -2.04. The van der Waals surface area contributed by atoms with E-state index in [9.17, 15) is 0 Å². The molecule has 2 aromatic rings. The summed E-state index contributed by atoms with van der Waals surface area (Å²) in [6.07, 6.45) is 2.15. The van der Waals surface area contributed by atoms with Gasteiger partial charge < -0.3 is 0 Å². The second-order valence-corrected chi connectivity index (χ2v) is 5.28. The Morgan fingerprint density at radius 2 is 2.00 bits per heavy atom. The van der Waals surface area contributed by atoms with E-state index in [2.05, 4.69) is 62.0 Å². The van der Waals surface area contributed by atoms with Crippen molar-refractivity contribution in [1.29, 1.82) is 0 Å². The van der Waals surface area contributed by atoms with E-state index in [4.69, 9.17) is 0 Å². The standard InChI is InChI=1S/C12H11Br2N/c1-2-3-9-7-11(14)10-5-4-8(13)6-12(10)15-9/h4-7H,2-3H2,1H3. The lowest BCUT2D eigenvalue weighted by Crippen LogP contribution is -1.90. The summed E-state index contributed by atoms with van der Waals surface area (Å²) < 4.78 is 2.20. The van der Waals surface area contributed by atoms with Gasteiger partial charge in [-0.15, -0.1) is 0 Å². The Kier molecular flexibility index (Phi) is 3.42. The number of halogens is 2. The molecule has 2 rings (SSSR count). The Labute approximate surface area is 106 Å². The minimum absolute atomic E-state index is 1.03. The summed E-state index contributed by atoms with van der Waals surface area (Å²) >= 11 is 7.05. The molecule has 78 valence electrons. The number of benzene rings is 1. The van der Waals surface area contributed by atoms with Crippen LogP contribution in [0.5, 0.6) is 0 Å². The van der Waals surface area contributed by atoms with Gasteiger partial charge in [-0.25, -0.2) is 0 Å². The van der Waals surface area contributed by atoms with Crippen molar-refractivity contribution in [2.75, 3.05) is 0 Å². The number of rotatable bonds is 2. The number of hydrogen-bond acceptors (Lipinski definition) is 1. The minimum Gasteiger partial charge on any atom is -0.253 e. The molecule has 0 bridgehead atoms. The zero-order valence-corrected chi connectivity index (χ0v) is 11.6. The Bertz CT molecular complexity index is 494. The van der Waals surface area contributed by atoms with Crippen LogP contribution < -0.4 is 0 Å². The smallest absolute Gasteiger partial charge is 0.0727 e. The van der Waals surface area contributed by atoms with Crippen molar-refractivity contribution >= 4 is 42.8 Å². The van der Waals surface area contributed by atoms with Gasteiger partial charge in [0.2, 0.25) is 0 Å². The van der Waals surface area contributed by atoms with Crippen LogP contribution in [-0.2, 0) is 6.42 Å². The van der Waals surface area contributed by atoms with Crippen molar-refractivity contribution < 1.29 is 0 Å². The highest BCUT2D eigenvalue weighted by atomic mass is 79.9. The van der Waals surface area contributed by atoms with E-state index < -0.39 is 0 Å². The lowest BCUT2D eigenvalue weighted by atomic mass is 10.1. The van der Waals surface area contributed by atoms with Crippen LogP contribution in [0.15, 0.2) is 33.2 Å². The van der Waals surface area contributed by atoms with Crippen molar-refractivity contribution in [2.45, 2.75) is 19.8 Å². The van der Waals surface area contributed by atoms with E-state index in [0.717, 1.165) is 38.4 Å². The quantitative estimate of drug-likeness (QED) is 0.777. The molecule has 1 aromatic carbocycles. The van der Waals surface area contributed by atoms with Crippen LogP contribution in [0.4, 0.5) is 0 Å². The Hall–Kier alpha value is -0.410. The second-order valence-electron chi connectivity index (χ2n) is 3.51. The zero-order chi connectivity index (χ0) is 10.8. The van der Waals surface area contributed by atoms with Gasteiger partial charge in [0.25, 0.3) is 0 Å². The average Bonchev–Trinajstić information content (AvgIpc) is 2.17. The largest absolute Gasteiger partial charge is 0.253 e. The first kappa shape index (κ1) is 11.1. The van der Waals surface area contributed by atoms with E-state index in [1.807, 2.05) is 6.07 Å². The molecule has 0 aliphatic rings. The van der Waals surface area contributed by atoms with E-state index in [1.165, 1.54) is 0 Å². The van der Waals surface area contributed by atoms with Gasteiger partial charge in [0.15, 0.2) is 0 Å². The number of hydrogen-bond donors (Lipinski definition) is 0. The first-order valence-electron chi connectivity index (χ1n) is 4.95. The highest BCUT2D eigenvalue weighted by Gasteiger charge is 2.03. The Morgan fingerprint density at radius 3 is 2.73 bits per heavy atom. The highest BCUT2D eigenvalue weighted by Crippen LogP contribution is 2.26. The summed E-state index contributed by atoms with van der Waals surface area (Å²) in [5.41, 5.74) is 2.19. The maximum Gasteiger partial charge on any atom is 0.0727 e. The SMILES string of the molecule is CCCc1cc(Br)c2ccc(Br)cc2n1. The first-order chi connectivity index (χ1) is 7.20. The molecular weight excluding hydrogens is 318 g/mol. The van der Waals surface area contributed by atoms with Crippen molar-refractivity contribution in [3.63, 3.8) is 0 Å². The maximum absolute atomic E-state index is 4.63. The van der Waals surface area contributed by atoms with Crippen molar-refractivity contribution in [1.82, 2.24) is 4.98 Å². The summed E-state index contributed by atoms with van der Waals surface area (Å²) in [6, 6.07) is 8.28. The van der Waals surface area contributed by atoms with Gasteiger partial charge in [0.1, 0.15) is 0 Å². The van der Waals surface area contributed by atoms with E-state index >= 15 is 0 Å². The van der Waals surface area contributed by atoms with E-state index in [0.29, 0.717) is 0 Å². The zero-order valence-electron chi connectivity index (χ0n) is 8.43. The predicted molar refractivity (Wildman–Crippen MR) is 71.1 cm³/mol. The molecule has 0 N–H and O–H groups in total. The summed E-state index contributed by atoms with van der Waals surface area (Å²) in [4.78, 5) is 4.63. The molecule has 3 heteroatoms. The second kappa shape index (κ2) is 4.62. The van der Waals surface area contributed by atoms with Crippen LogP contribution in [0.2, 0.25) is 0 Å². The van der Waals surface area contributed by atoms with Gasteiger partial charge in [-0.3, -0.25) is 4.98 Å². The molecule has 0 saturated heterocycles. The van der Waals surface area contributed by atoms with Gasteiger partial charge in [0.05, 0.1) is 5.52 Å². The van der Waals surface area contributed by atoms with Crippen molar-refractivity contribution in [2.24, 2.45) is 0 Å². The van der Waals surface area contributed by atoms with Crippen LogP contribution in [0.1, 0.15) is 19.0 Å². The third kappa shape index (κ3) is 2.40. The third-order valence-electron chi connectivity index (χ3n) is 2.28. The van der Waals surface area contributed by atoms with Gasteiger partial charge >= 0.3 is 0 Å². The fourth-order valence-electron chi connectivity index (χ4n) is 1.59. The monoisotopic (exact) mass is 327 g/mol. The van der Waals surface area contributed by atoms with Crippen LogP contribution in [0.25, 0.3) is 10.9 Å². The Balaban J connectivity index is 2.63. The predicted octanol–water partition coefficient (Wildman–Crippen LogP) is 4.71. The maximum atomic E-state index is 4.63. The number of aryl methyl sites for hydroxylation is 1. The van der Waals surface area contributed by atoms with Gasteiger partial charge in [0, 0.05) is 20.0 Å². The number of fused-ring (bicyclic) bond motifs is 1. The number of pyridine rings is 1. The van der Waals surface area contributed by atoms with Crippen LogP contribution in [0, 0.1) is 0 Å². The van der Waals surface area contributed by atoms with Crippen LogP contribution in [-0.4, -0.2) is 4.98 Å². The molecule has 0 atom stereocenters. The highest BCUT2D eigenvalue weighted by molar-refractivity contribution is 9.11. The summed E-state index contributed by atoms with van der Waals surface area (Å²) in [6.45, 7) is 2.17. The molecule has 0 aliphatic heterocycles. The van der Waals surface area contributed by atoms with E-state index in [-0.39, 0.29) is 0 Å². The van der Waals surface area contributed by atoms with Crippen LogP contribution in [0.3, 0.4) is 0 Å². The molecule has 1 aromatic heterocycles. The normalized spacial score (nSPS) is 10.9. The van der Waals surface area contributed by atoms with Gasteiger partial charge in [-0.05, 0) is 24.6 Å². The number of aromatic nitrogens is 1. The minimum atomic E-state index is 1.03. The lowest BCUT2D eigenvalue weighted by molar-refractivity contribution is 0.889. The van der Waals surface area contributed by atoms with Gasteiger partial charge in [-0.1, -0.05) is 51.3 Å². The summed E-state index contributed by atoms with van der Waals surface area (Å²) in [5, 5.41) is 1.16. The molecule has 1 heterocycles. The van der Waals surface area contributed by atoms with Crippen molar-refractivity contribution in [3.05, 3.63) is 38.9 Å². The topological polar surface area (TPSA) is 12.9 Å². The fourth-order valence-corrected chi connectivity index (χ4v) is 2.54. The molecule has 0 saturated carbocycles. The molecule has 1 nitrogen and oxygen atoms in total. The van der Waals surface area contributed by atoms with Gasteiger partial charge in [-0.2, -0.15) is 0 Å². The fraction of sp³-hybridized carbons (Fsp3) is 0.250. The molecule has 15 heavy (non-hydrogen) atoms. The molecule has 0 radical (unpaired) electrons. The average molecular weight is 329 g/mol. The third-order valence-corrected chi connectivity index (χ3v) is 3.43. The molecule has 0 fully saturated rings. The van der Waals surface area contributed by atoms with Crippen molar-refractivity contribution in [3.8, 4) is 0 Å². The summed E-state index contributed by atoms with van der Waals surface area (Å²) in [7, 11) is 0. The molecule has 0 unspecified atom stereocenters. The molecule has 0 aliphatic carbocycles. The Morgan fingerprint density at radius 1 is 1.20 bits per heavy atom. The summed E-state index contributed by atoms with van der Waals surface area (Å²) in [5.74, 6) is 0. The number of nitrogens with zero attached hydrogens (tertiary/aromatic N) is 1. The van der Waals surface area contributed by atoms with E-state index in [1.54, 1.807) is 0 Å². The molecular formula is C12H11Br2N. The molecule has 0 spiro atoms. The van der Waals surface area contributed by atoms with Crippen LogP contribution >= 0.6 is 31.9 Å².